The Morgan fingerprint density at radius 1 is 1.11 bits per heavy atom. The quantitative estimate of drug-likeness (QED) is 0.634. The van der Waals surface area contributed by atoms with Gasteiger partial charge < -0.3 is 15.5 Å². The van der Waals surface area contributed by atoms with Crippen molar-refractivity contribution in [2.24, 2.45) is 0 Å². The van der Waals surface area contributed by atoms with E-state index in [0.29, 0.717) is 11.2 Å². The molecule has 0 aliphatic carbocycles. The average Bonchev–Trinajstić information content (AvgIpc) is 2.70. The third kappa shape index (κ3) is 4.22. The van der Waals surface area contributed by atoms with Gasteiger partial charge in [0.2, 0.25) is 0 Å². The average molecular weight is 395 g/mol. The maximum atomic E-state index is 13.0. The monoisotopic (exact) mass is 394 g/mol. The van der Waals surface area contributed by atoms with Crippen LogP contribution in [-0.2, 0) is 0 Å². The first-order valence-electron chi connectivity index (χ1n) is 9.53. The van der Waals surface area contributed by atoms with Gasteiger partial charge in [-0.2, -0.15) is 0 Å². The van der Waals surface area contributed by atoms with Gasteiger partial charge in [-0.05, 0) is 68.4 Å². The number of benzene rings is 2. The summed E-state index contributed by atoms with van der Waals surface area (Å²) in [4.78, 5) is 7.08. The molecule has 1 aromatic heterocycles. The molecule has 1 aliphatic rings. The van der Waals surface area contributed by atoms with Crippen molar-refractivity contribution in [3.63, 3.8) is 0 Å². The van der Waals surface area contributed by atoms with Crippen molar-refractivity contribution >= 4 is 39.6 Å². The number of nitrogens with zero attached hydrogens (tertiary/aromatic N) is 2. The van der Waals surface area contributed by atoms with Gasteiger partial charge in [-0.3, -0.25) is 4.98 Å². The fourth-order valence-corrected chi connectivity index (χ4v) is 3.98. The predicted molar refractivity (Wildman–Crippen MR) is 117 cm³/mol. The van der Waals surface area contributed by atoms with Crippen LogP contribution in [-0.4, -0.2) is 29.2 Å². The summed E-state index contributed by atoms with van der Waals surface area (Å²) in [6.07, 6.45) is 2.00. The lowest BCUT2D eigenvalue weighted by molar-refractivity contribution is 0.468. The summed E-state index contributed by atoms with van der Waals surface area (Å²) in [5.74, 6) is -0.254. The standard InChI is InChI=1S/C22H23FN4S/c1-15-14-21(19-4-2-3-5-20(19)24-15)27-12-10-18(11-13-27)26-22(28)25-17-8-6-16(23)7-9-17/h2-9,14,18H,10-13H2,1H3,(H2,25,26,28). The molecule has 0 bridgehead atoms. The van der Waals surface area contributed by atoms with Crippen molar-refractivity contribution in [2.45, 2.75) is 25.8 Å². The van der Waals surface area contributed by atoms with Crippen LogP contribution in [0.25, 0.3) is 10.9 Å². The molecule has 0 unspecified atom stereocenters. The zero-order valence-corrected chi connectivity index (χ0v) is 16.6. The maximum Gasteiger partial charge on any atom is 0.170 e. The number of fused-ring (bicyclic) bond motifs is 1. The number of para-hydroxylation sites is 1. The number of halogens is 1. The van der Waals surface area contributed by atoms with Crippen LogP contribution in [0.1, 0.15) is 18.5 Å². The molecule has 0 radical (unpaired) electrons. The van der Waals surface area contributed by atoms with Crippen molar-refractivity contribution in [2.75, 3.05) is 23.3 Å². The van der Waals surface area contributed by atoms with Crippen molar-refractivity contribution in [1.29, 1.82) is 0 Å². The normalized spacial score (nSPS) is 14.9. The Labute approximate surface area is 169 Å². The predicted octanol–water partition coefficient (Wildman–Crippen LogP) is 4.64. The number of pyridine rings is 1. The van der Waals surface area contributed by atoms with E-state index in [0.717, 1.165) is 42.8 Å². The zero-order valence-electron chi connectivity index (χ0n) is 15.8. The van der Waals surface area contributed by atoms with Gasteiger partial charge in [0, 0.05) is 41.6 Å². The highest BCUT2D eigenvalue weighted by atomic mass is 32.1. The number of hydrogen-bond donors (Lipinski definition) is 2. The zero-order chi connectivity index (χ0) is 19.5. The summed E-state index contributed by atoms with van der Waals surface area (Å²) in [6, 6.07) is 17.0. The summed E-state index contributed by atoms with van der Waals surface area (Å²) in [6.45, 7) is 3.97. The van der Waals surface area contributed by atoms with Crippen LogP contribution in [0, 0.1) is 12.7 Å². The lowest BCUT2D eigenvalue weighted by Crippen LogP contribution is -2.46. The Morgan fingerprint density at radius 2 is 1.82 bits per heavy atom. The minimum Gasteiger partial charge on any atom is -0.371 e. The van der Waals surface area contributed by atoms with Crippen molar-refractivity contribution in [1.82, 2.24) is 10.3 Å². The Balaban J connectivity index is 1.37. The van der Waals surface area contributed by atoms with Crippen LogP contribution in [0.15, 0.2) is 54.6 Å². The van der Waals surface area contributed by atoms with Crippen LogP contribution >= 0.6 is 12.2 Å². The number of anilines is 2. The topological polar surface area (TPSA) is 40.2 Å². The Hall–Kier alpha value is -2.73. The van der Waals surface area contributed by atoms with Gasteiger partial charge in [0.25, 0.3) is 0 Å². The number of thiocarbonyl (C=S) groups is 1. The minimum atomic E-state index is -0.254. The Bertz CT molecular complexity index is 981. The van der Waals surface area contributed by atoms with E-state index < -0.39 is 0 Å². The van der Waals surface area contributed by atoms with Crippen LogP contribution in [0.5, 0.6) is 0 Å². The number of hydrogen-bond acceptors (Lipinski definition) is 3. The molecule has 144 valence electrons. The molecule has 4 nitrogen and oxygen atoms in total. The largest absolute Gasteiger partial charge is 0.371 e. The summed E-state index contributed by atoms with van der Waals surface area (Å²) in [5.41, 5.74) is 4.13. The van der Waals surface area contributed by atoms with E-state index in [9.17, 15) is 4.39 Å². The Morgan fingerprint density at radius 3 is 2.57 bits per heavy atom. The Kier molecular flexibility index (Phi) is 5.39. The summed E-state index contributed by atoms with van der Waals surface area (Å²) < 4.78 is 13.0. The van der Waals surface area contributed by atoms with Crippen molar-refractivity contribution in [3.05, 3.63) is 66.1 Å². The maximum absolute atomic E-state index is 13.0. The van der Waals surface area contributed by atoms with Crippen LogP contribution < -0.4 is 15.5 Å². The van der Waals surface area contributed by atoms with E-state index in [2.05, 4.69) is 44.8 Å². The van der Waals surface area contributed by atoms with Crippen molar-refractivity contribution in [3.8, 4) is 0 Å². The molecule has 0 atom stereocenters. The van der Waals surface area contributed by atoms with Crippen LogP contribution in [0.4, 0.5) is 15.8 Å². The molecule has 2 heterocycles. The highest BCUT2D eigenvalue weighted by Crippen LogP contribution is 2.29. The molecule has 6 heteroatoms. The van der Waals surface area contributed by atoms with Gasteiger partial charge in [0.05, 0.1) is 5.52 Å². The molecule has 1 aliphatic heterocycles. The van der Waals surface area contributed by atoms with E-state index in [1.807, 2.05) is 13.0 Å². The smallest absolute Gasteiger partial charge is 0.170 e. The SMILES string of the molecule is Cc1cc(N2CCC(NC(=S)Nc3ccc(F)cc3)CC2)c2ccccc2n1. The van der Waals surface area contributed by atoms with Gasteiger partial charge in [0.15, 0.2) is 5.11 Å². The molecular formula is C22H23FN4S. The van der Waals surface area contributed by atoms with Crippen LogP contribution in [0.2, 0.25) is 0 Å². The van der Waals surface area contributed by atoms with Gasteiger partial charge in [-0.15, -0.1) is 0 Å². The fraction of sp³-hybridized carbons (Fsp3) is 0.273. The van der Waals surface area contributed by atoms with E-state index in [4.69, 9.17) is 12.2 Å². The van der Waals surface area contributed by atoms with Gasteiger partial charge in [0.1, 0.15) is 5.82 Å². The molecule has 0 spiro atoms. The van der Waals surface area contributed by atoms with E-state index in [1.165, 1.54) is 23.2 Å². The lowest BCUT2D eigenvalue weighted by Gasteiger charge is -2.35. The van der Waals surface area contributed by atoms with Gasteiger partial charge in [-0.25, -0.2) is 4.39 Å². The summed E-state index contributed by atoms with van der Waals surface area (Å²) in [5, 5.41) is 8.29. The molecule has 1 saturated heterocycles. The van der Waals surface area contributed by atoms with Gasteiger partial charge >= 0.3 is 0 Å². The molecule has 1 fully saturated rings. The highest BCUT2D eigenvalue weighted by molar-refractivity contribution is 7.80. The third-order valence-corrected chi connectivity index (χ3v) is 5.32. The molecule has 2 aromatic carbocycles. The third-order valence-electron chi connectivity index (χ3n) is 5.10. The molecular weight excluding hydrogens is 371 g/mol. The summed E-state index contributed by atoms with van der Waals surface area (Å²) in [7, 11) is 0. The highest BCUT2D eigenvalue weighted by Gasteiger charge is 2.21. The number of aromatic nitrogens is 1. The van der Waals surface area contributed by atoms with Crippen LogP contribution in [0.3, 0.4) is 0 Å². The molecule has 4 rings (SSSR count). The molecule has 28 heavy (non-hydrogen) atoms. The number of piperidine rings is 1. The van der Waals surface area contributed by atoms with E-state index >= 15 is 0 Å². The van der Waals surface area contributed by atoms with E-state index in [1.54, 1.807) is 12.1 Å². The molecule has 0 amide bonds. The number of aryl methyl sites for hydroxylation is 1. The minimum absolute atomic E-state index is 0.254. The fourth-order valence-electron chi connectivity index (χ4n) is 3.70. The van der Waals surface area contributed by atoms with Gasteiger partial charge in [-0.1, -0.05) is 18.2 Å². The second-order valence-electron chi connectivity index (χ2n) is 7.17. The first-order valence-corrected chi connectivity index (χ1v) is 9.94. The molecule has 2 N–H and O–H groups in total. The second-order valence-corrected chi connectivity index (χ2v) is 7.57. The van der Waals surface area contributed by atoms with Crippen molar-refractivity contribution < 1.29 is 4.39 Å². The number of nitrogens with one attached hydrogen (secondary N) is 2. The first kappa shape index (κ1) is 18.6. The lowest BCUT2D eigenvalue weighted by atomic mass is 10.0. The van der Waals surface area contributed by atoms with E-state index in [-0.39, 0.29) is 5.82 Å². The second kappa shape index (κ2) is 8.10. The molecule has 0 saturated carbocycles. The first-order chi connectivity index (χ1) is 13.6. The number of rotatable bonds is 3. The summed E-state index contributed by atoms with van der Waals surface area (Å²) >= 11 is 5.42. The molecule has 3 aromatic rings.